The van der Waals surface area contributed by atoms with Crippen molar-refractivity contribution >= 4 is 11.3 Å². The van der Waals surface area contributed by atoms with Gasteiger partial charge in [-0.05, 0) is 25.5 Å². The van der Waals surface area contributed by atoms with Crippen LogP contribution in [-0.2, 0) is 7.05 Å². The molecule has 0 aliphatic heterocycles. The monoisotopic (exact) mass is 222 g/mol. The Morgan fingerprint density at radius 3 is 2.67 bits per heavy atom. The van der Waals surface area contributed by atoms with Crippen molar-refractivity contribution in [3.05, 3.63) is 39.6 Å². The van der Waals surface area contributed by atoms with Gasteiger partial charge in [-0.25, -0.2) is 4.98 Å². The summed E-state index contributed by atoms with van der Waals surface area (Å²) < 4.78 is 1.84. The van der Waals surface area contributed by atoms with Gasteiger partial charge in [0.05, 0.1) is 0 Å². The van der Waals surface area contributed by atoms with Crippen molar-refractivity contribution in [2.75, 3.05) is 0 Å². The van der Waals surface area contributed by atoms with E-state index in [0.29, 0.717) is 5.82 Å². The molecular formula is C11H14N2OS. The van der Waals surface area contributed by atoms with Crippen LogP contribution < -0.4 is 0 Å². The summed E-state index contributed by atoms with van der Waals surface area (Å²) in [6.07, 6.45) is 2.93. The smallest absolute Gasteiger partial charge is 0.146 e. The lowest BCUT2D eigenvalue weighted by atomic mass is 10.2. The van der Waals surface area contributed by atoms with E-state index in [1.54, 1.807) is 17.5 Å². The van der Waals surface area contributed by atoms with Crippen molar-refractivity contribution in [3.8, 4) is 0 Å². The molecule has 1 atom stereocenters. The van der Waals surface area contributed by atoms with Crippen LogP contribution in [0.4, 0.5) is 0 Å². The second-order valence-corrected chi connectivity index (χ2v) is 4.97. The average Bonchev–Trinajstić information content (AvgIpc) is 2.74. The highest BCUT2D eigenvalue weighted by atomic mass is 32.1. The number of aryl methyl sites for hydroxylation is 3. The highest BCUT2D eigenvalue weighted by molar-refractivity contribution is 7.12. The highest BCUT2D eigenvalue weighted by Crippen LogP contribution is 2.29. The van der Waals surface area contributed by atoms with Crippen molar-refractivity contribution in [3.63, 3.8) is 0 Å². The van der Waals surface area contributed by atoms with Gasteiger partial charge in [-0.1, -0.05) is 0 Å². The van der Waals surface area contributed by atoms with Crippen LogP contribution >= 0.6 is 11.3 Å². The Hall–Kier alpha value is -1.13. The number of aromatic nitrogens is 2. The molecule has 0 aliphatic carbocycles. The number of rotatable bonds is 2. The number of imidazole rings is 1. The third kappa shape index (κ3) is 1.82. The van der Waals surface area contributed by atoms with Crippen LogP contribution in [-0.4, -0.2) is 14.7 Å². The number of aliphatic hydroxyl groups excluding tert-OH is 1. The van der Waals surface area contributed by atoms with Gasteiger partial charge in [-0.2, -0.15) is 0 Å². The van der Waals surface area contributed by atoms with Crippen molar-refractivity contribution in [1.29, 1.82) is 0 Å². The lowest BCUT2D eigenvalue weighted by Crippen LogP contribution is -2.05. The fraction of sp³-hybridized carbons (Fsp3) is 0.364. The Labute approximate surface area is 93.0 Å². The van der Waals surface area contributed by atoms with E-state index >= 15 is 0 Å². The molecular weight excluding hydrogens is 208 g/mol. The Morgan fingerprint density at radius 1 is 1.47 bits per heavy atom. The highest BCUT2D eigenvalue weighted by Gasteiger charge is 2.17. The predicted octanol–water partition coefficient (Wildman–Crippen LogP) is 2.18. The van der Waals surface area contributed by atoms with E-state index < -0.39 is 6.10 Å². The van der Waals surface area contributed by atoms with Gasteiger partial charge in [0.2, 0.25) is 0 Å². The molecule has 15 heavy (non-hydrogen) atoms. The van der Waals surface area contributed by atoms with Gasteiger partial charge in [0.1, 0.15) is 11.9 Å². The van der Waals surface area contributed by atoms with Gasteiger partial charge in [0.25, 0.3) is 0 Å². The second-order valence-electron chi connectivity index (χ2n) is 3.69. The molecule has 0 saturated carbocycles. The minimum absolute atomic E-state index is 0.609. The Balaban J connectivity index is 2.36. The molecule has 1 unspecified atom stereocenters. The van der Waals surface area contributed by atoms with Gasteiger partial charge >= 0.3 is 0 Å². The standard InChI is InChI=1S/C11H14N2OS/c1-7-6-9(15-8(7)2)10(14)11-12-4-5-13(11)3/h4-6,10,14H,1-3H3. The van der Waals surface area contributed by atoms with Gasteiger partial charge in [0, 0.05) is 29.2 Å². The first kappa shape index (κ1) is 10.4. The van der Waals surface area contributed by atoms with Gasteiger partial charge < -0.3 is 9.67 Å². The van der Waals surface area contributed by atoms with Crippen molar-refractivity contribution in [2.24, 2.45) is 7.05 Å². The van der Waals surface area contributed by atoms with Crippen LogP contribution in [0.3, 0.4) is 0 Å². The Kier molecular flexibility index (Phi) is 2.63. The normalized spacial score (nSPS) is 13.1. The lowest BCUT2D eigenvalue weighted by molar-refractivity contribution is 0.210. The second kappa shape index (κ2) is 3.79. The zero-order valence-electron chi connectivity index (χ0n) is 9.06. The molecule has 2 aromatic rings. The van der Waals surface area contributed by atoms with Crippen LogP contribution in [0.5, 0.6) is 0 Å². The van der Waals surface area contributed by atoms with Gasteiger partial charge in [0.15, 0.2) is 0 Å². The molecule has 80 valence electrons. The third-order valence-corrected chi connectivity index (χ3v) is 3.76. The summed E-state index contributed by atoms with van der Waals surface area (Å²) >= 11 is 1.63. The number of hydrogen-bond acceptors (Lipinski definition) is 3. The van der Waals surface area contributed by atoms with E-state index in [0.717, 1.165) is 4.88 Å². The van der Waals surface area contributed by atoms with E-state index in [1.165, 1.54) is 10.4 Å². The number of aliphatic hydroxyl groups is 1. The summed E-state index contributed by atoms with van der Waals surface area (Å²) in [4.78, 5) is 6.36. The van der Waals surface area contributed by atoms with E-state index in [9.17, 15) is 5.11 Å². The molecule has 0 bridgehead atoms. The molecule has 2 rings (SSSR count). The van der Waals surface area contributed by atoms with Crippen molar-refractivity contribution < 1.29 is 5.11 Å². The minimum Gasteiger partial charge on any atom is -0.380 e. The van der Waals surface area contributed by atoms with Crippen molar-refractivity contribution in [1.82, 2.24) is 9.55 Å². The molecule has 0 amide bonds. The SMILES string of the molecule is Cc1cc(C(O)c2nccn2C)sc1C. The average molecular weight is 222 g/mol. The predicted molar refractivity (Wildman–Crippen MR) is 61.1 cm³/mol. The number of thiophene rings is 1. The van der Waals surface area contributed by atoms with Crippen LogP contribution in [0.25, 0.3) is 0 Å². The summed E-state index contributed by atoms with van der Waals surface area (Å²) in [7, 11) is 1.89. The van der Waals surface area contributed by atoms with E-state index in [4.69, 9.17) is 0 Å². The topological polar surface area (TPSA) is 38.1 Å². The third-order valence-electron chi connectivity index (χ3n) is 2.56. The first-order valence-corrected chi connectivity index (χ1v) is 5.63. The summed E-state index contributed by atoms with van der Waals surface area (Å²) in [6, 6.07) is 2.03. The molecule has 0 fully saturated rings. The molecule has 4 heteroatoms. The summed E-state index contributed by atoms with van der Waals surface area (Å²) in [6.45, 7) is 4.12. The fourth-order valence-electron chi connectivity index (χ4n) is 1.50. The summed E-state index contributed by atoms with van der Waals surface area (Å²) in [5, 5.41) is 10.1. The van der Waals surface area contributed by atoms with E-state index in [-0.39, 0.29) is 0 Å². The maximum Gasteiger partial charge on any atom is 0.146 e. The Bertz CT molecular complexity index is 453. The molecule has 2 heterocycles. The molecule has 3 nitrogen and oxygen atoms in total. The van der Waals surface area contributed by atoms with Gasteiger partial charge in [-0.15, -0.1) is 11.3 Å². The molecule has 1 N–H and O–H groups in total. The Morgan fingerprint density at radius 2 is 2.20 bits per heavy atom. The summed E-state index contributed by atoms with van der Waals surface area (Å²) in [5.41, 5.74) is 1.23. The fourth-order valence-corrected chi connectivity index (χ4v) is 2.53. The van der Waals surface area contributed by atoms with Crippen LogP contribution in [0.15, 0.2) is 18.5 Å². The molecule has 2 aromatic heterocycles. The van der Waals surface area contributed by atoms with E-state index in [1.807, 2.05) is 23.9 Å². The minimum atomic E-state index is -0.609. The largest absolute Gasteiger partial charge is 0.380 e. The molecule has 0 aromatic carbocycles. The van der Waals surface area contributed by atoms with Crippen LogP contribution in [0, 0.1) is 13.8 Å². The maximum absolute atomic E-state index is 10.1. The van der Waals surface area contributed by atoms with Gasteiger partial charge in [-0.3, -0.25) is 0 Å². The van der Waals surface area contributed by atoms with E-state index in [2.05, 4.69) is 18.8 Å². The zero-order chi connectivity index (χ0) is 11.0. The van der Waals surface area contributed by atoms with Crippen LogP contribution in [0.1, 0.15) is 27.2 Å². The number of nitrogens with zero attached hydrogens (tertiary/aromatic N) is 2. The molecule has 0 spiro atoms. The number of hydrogen-bond donors (Lipinski definition) is 1. The molecule has 0 radical (unpaired) electrons. The quantitative estimate of drug-likeness (QED) is 0.845. The maximum atomic E-state index is 10.1. The van der Waals surface area contributed by atoms with Crippen molar-refractivity contribution in [2.45, 2.75) is 20.0 Å². The summed E-state index contributed by atoms with van der Waals surface area (Å²) in [5.74, 6) is 0.691. The zero-order valence-corrected chi connectivity index (χ0v) is 9.88. The molecule has 0 aliphatic rings. The first-order valence-electron chi connectivity index (χ1n) is 4.82. The lowest BCUT2D eigenvalue weighted by Gasteiger charge is -2.07. The molecule has 0 saturated heterocycles. The first-order chi connectivity index (χ1) is 7.09. The van der Waals surface area contributed by atoms with Crippen LogP contribution in [0.2, 0.25) is 0 Å².